The molecule has 1 atom stereocenters. The number of nitrogens with one attached hydrogen (secondary N) is 1. The zero-order valence-electron chi connectivity index (χ0n) is 13.3. The SMILES string of the molecule is Cc1ccn2c(CN3CCNCC3c3ccncc3)cnc2c1. The molecule has 1 saturated heterocycles. The fraction of sp³-hybridized carbons (Fsp3) is 0.333. The van der Waals surface area contributed by atoms with Crippen LogP contribution in [0.4, 0.5) is 0 Å². The summed E-state index contributed by atoms with van der Waals surface area (Å²) in [6.07, 6.45) is 7.87. The van der Waals surface area contributed by atoms with Crippen molar-refractivity contribution < 1.29 is 0 Å². The molecular formula is C18H21N5. The number of aryl methyl sites for hydroxylation is 1. The van der Waals surface area contributed by atoms with Crippen LogP contribution in [0.3, 0.4) is 0 Å². The monoisotopic (exact) mass is 307 g/mol. The highest BCUT2D eigenvalue weighted by Crippen LogP contribution is 2.24. The third-order valence-electron chi connectivity index (χ3n) is 4.56. The molecule has 0 aliphatic carbocycles. The molecular weight excluding hydrogens is 286 g/mol. The number of fused-ring (bicyclic) bond motifs is 1. The Morgan fingerprint density at radius 1 is 1.26 bits per heavy atom. The number of nitrogens with zero attached hydrogens (tertiary/aromatic N) is 4. The molecule has 0 radical (unpaired) electrons. The lowest BCUT2D eigenvalue weighted by molar-refractivity contribution is 0.151. The lowest BCUT2D eigenvalue weighted by Crippen LogP contribution is -2.45. The van der Waals surface area contributed by atoms with Crippen LogP contribution >= 0.6 is 0 Å². The molecule has 5 nitrogen and oxygen atoms in total. The van der Waals surface area contributed by atoms with E-state index in [1.165, 1.54) is 16.8 Å². The molecule has 1 aliphatic rings. The summed E-state index contributed by atoms with van der Waals surface area (Å²) in [5.74, 6) is 0. The predicted octanol–water partition coefficient (Wildman–Crippen LogP) is 2.18. The lowest BCUT2D eigenvalue weighted by Gasteiger charge is -2.36. The van der Waals surface area contributed by atoms with Crippen molar-refractivity contribution in [1.82, 2.24) is 24.6 Å². The highest BCUT2D eigenvalue weighted by atomic mass is 15.2. The first-order valence-electron chi connectivity index (χ1n) is 8.08. The Morgan fingerprint density at radius 3 is 3.00 bits per heavy atom. The first kappa shape index (κ1) is 14.4. The zero-order chi connectivity index (χ0) is 15.6. The predicted molar refractivity (Wildman–Crippen MR) is 90.2 cm³/mol. The molecule has 0 spiro atoms. The molecule has 1 N–H and O–H groups in total. The molecule has 0 aromatic carbocycles. The Kier molecular flexibility index (Phi) is 3.81. The van der Waals surface area contributed by atoms with Gasteiger partial charge in [-0.1, -0.05) is 0 Å². The van der Waals surface area contributed by atoms with Gasteiger partial charge in [0.05, 0.1) is 11.9 Å². The fourth-order valence-corrected chi connectivity index (χ4v) is 3.31. The Morgan fingerprint density at radius 2 is 2.13 bits per heavy atom. The Labute approximate surface area is 136 Å². The van der Waals surface area contributed by atoms with Crippen LogP contribution in [0.5, 0.6) is 0 Å². The van der Waals surface area contributed by atoms with Gasteiger partial charge in [0.15, 0.2) is 0 Å². The van der Waals surface area contributed by atoms with Crippen molar-refractivity contribution in [2.45, 2.75) is 19.5 Å². The maximum Gasteiger partial charge on any atom is 0.137 e. The second kappa shape index (κ2) is 6.10. The van der Waals surface area contributed by atoms with E-state index in [-0.39, 0.29) is 0 Å². The molecule has 4 heterocycles. The number of imidazole rings is 1. The Balaban J connectivity index is 1.62. The number of aromatic nitrogens is 3. The molecule has 1 aliphatic heterocycles. The van der Waals surface area contributed by atoms with Crippen molar-refractivity contribution in [1.29, 1.82) is 0 Å². The largest absolute Gasteiger partial charge is 0.314 e. The van der Waals surface area contributed by atoms with Crippen molar-refractivity contribution in [3.05, 3.63) is 65.9 Å². The zero-order valence-corrected chi connectivity index (χ0v) is 13.3. The quantitative estimate of drug-likeness (QED) is 0.805. The summed E-state index contributed by atoms with van der Waals surface area (Å²) in [5.41, 5.74) is 4.82. The summed E-state index contributed by atoms with van der Waals surface area (Å²) in [5, 5.41) is 3.50. The molecule has 23 heavy (non-hydrogen) atoms. The van der Waals surface area contributed by atoms with Gasteiger partial charge in [0, 0.05) is 50.8 Å². The molecule has 118 valence electrons. The van der Waals surface area contributed by atoms with Crippen LogP contribution in [-0.2, 0) is 6.54 Å². The fourth-order valence-electron chi connectivity index (χ4n) is 3.31. The topological polar surface area (TPSA) is 45.5 Å². The molecule has 0 saturated carbocycles. The molecule has 0 bridgehead atoms. The molecule has 4 rings (SSSR count). The number of pyridine rings is 2. The van der Waals surface area contributed by atoms with Gasteiger partial charge in [-0.2, -0.15) is 0 Å². The second-order valence-corrected chi connectivity index (χ2v) is 6.15. The number of hydrogen-bond acceptors (Lipinski definition) is 4. The van der Waals surface area contributed by atoms with Crippen LogP contribution < -0.4 is 5.32 Å². The average Bonchev–Trinajstić information content (AvgIpc) is 2.98. The van der Waals surface area contributed by atoms with Crippen LogP contribution in [0.1, 0.15) is 22.9 Å². The van der Waals surface area contributed by atoms with Gasteiger partial charge in [-0.25, -0.2) is 4.98 Å². The van der Waals surface area contributed by atoms with Gasteiger partial charge in [0.25, 0.3) is 0 Å². The van der Waals surface area contributed by atoms with Crippen LogP contribution in [0.25, 0.3) is 5.65 Å². The highest BCUT2D eigenvalue weighted by molar-refractivity contribution is 5.43. The smallest absolute Gasteiger partial charge is 0.137 e. The molecule has 3 aromatic rings. The van der Waals surface area contributed by atoms with E-state index in [2.05, 4.69) is 62.0 Å². The molecule has 3 aromatic heterocycles. The van der Waals surface area contributed by atoms with Crippen LogP contribution in [-0.4, -0.2) is 38.9 Å². The average molecular weight is 307 g/mol. The van der Waals surface area contributed by atoms with Crippen molar-refractivity contribution >= 4 is 5.65 Å². The highest BCUT2D eigenvalue weighted by Gasteiger charge is 2.24. The first-order valence-corrected chi connectivity index (χ1v) is 8.08. The summed E-state index contributed by atoms with van der Waals surface area (Å²) in [6.45, 7) is 6.03. The lowest BCUT2D eigenvalue weighted by atomic mass is 10.0. The van der Waals surface area contributed by atoms with Crippen molar-refractivity contribution in [2.75, 3.05) is 19.6 Å². The Hall–Kier alpha value is -2.24. The molecule has 1 unspecified atom stereocenters. The normalized spacial score (nSPS) is 19.3. The van der Waals surface area contributed by atoms with Crippen LogP contribution in [0, 0.1) is 6.92 Å². The van der Waals surface area contributed by atoms with Crippen molar-refractivity contribution in [3.63, 3.8) is 0 Å². The van der Waals surface area contributed by atoms with Crippen LogP contribution in [0.2, 0.25) is 0 Å². The van der Waals surface area contributed by atoms with Gasteiger partial charge >= 0.3 is 0 Å². The standard InChI is InChI=1S/C18H21N5/c1-14-4-8-23-16(11-21-18(23)10-14)13-22-9-7-20-12-17(22)15-2-5-19-6-3-15/h2-6,8,10-11,17,20H,7,9,12-13H2,1H3. The number of hydrogen-bond donors (Lipinski definition) is 1. The third kappa shape index (κ3) is 2.85. The Bertz CT molecular complexity index is 796. The van der Waals surface area contributed by atoms with Crippen LogP contribution in [0.15, 0.2) is 49.1 Å². The molecule has 0 amide bonds. The molecule has 5 heteroatoms. The molecule has 1 fully saturated rings. The van der Waals surface area contributed by atoms with Gasteiger partial charge < -0.3 is 9.72 Å². The minimum Gasteiger partial charge on any atom is -0.314 e. The van der Waals surface area contributed by atoms with E-state index in [4.69, 9.17) is 0 Å². The minimum atomic E-state index is 0.378. The van der Waals surface area contributed by atoms with Crippen molar-refractivity contribution in [2.24, 2.45) is 0 Å². The van der Waals surface area contributed by atoms with Crippen molar-refractivity contribution in [3.8, 4) is 0 Å². The van der Waals surface area contributed by atoms with E-state index in [9.17, 15) is 0 Å². The van der Waals surface area contributed by atoms with E-state index in [0.29, 0.717) is 6.04 Å². The first-order chi connectivity index (χ1) is 11.3. The van der Waals surface area contributed by atoms with E-state index in [1.54, 1.807) is 0 Å². The maximum atomic E-state index is 4.55. The van der Waals surface area contributed by atoms with E-state index in [0.717, 1.165) is 31.8 Å². The van der Waals surface area contributed by atoms with Gasteiger partial charge in [-0.15, -0.1) is 0 Å². The third-order valence-corrected chi connectivity index (χ3v) is 4.56. The summed E-state index contributed by atoms with van der Waals surface area (Å²) in [4.78, 5) is 11.2. The van der Waals surface area contributed by atoms with Gasteiger partial charge in [-0.3, -0.25) is 9.88 Å². The van der Waals surface area contributed by atoms with Gasteiger partial charge in [0.1, 0.15) is 5.65 Å². The summed E-state index contributed by atoms with van der Waals surface area (Å²) < 4.78 is 2.19. The summed E-state index contributed by atoms with van der Waals surface area (Å²) >= 11 is 0. The van der Waals surface area contributed by atoms with E-state index < -0.39 is 0 Å². The number of piperazine rings is 1. The summed E-state index contributed by atoms with van der Waals surface area (Å²) in [7, 11) is 0. The number of rotatable bonds is 3. The summed E-state index contributed by atoms with van der Waals surface area (Å²) in [6, 6.07) is 8.87. The van der Waals surface area contributed by atoms with E-state index in [1.807, 2.05) is 18.6 Å². The minimum absolute atomic E-state index is 0.378. The van der Waals surface area contributed by atoms with E-state index >= 15 is 0 Å². The maximum absolute atomic E-state index is 4.55. The second-order valence-electron chi connectivity index (χ2n) is 6.15. The van der Waals surface area contributed by atoms with Gasteiger partial charge in [0.2, 0.25) is 0 Å². The van der Waals surface area contributed by atoms with Gasteiger partial charge in [-0.05, 0) is 42.3 Å².